The highest BCUT2D eigenvalue weighted by Gasteiger charge is 2.40. The molecule has 2 atom stereocenters. The summed E-state index contributed by atoms with van der Waals surface area (Å²) in [5.74, 6) is -0.0854. The largest absolute Gasteiger partial charge is 0.369 e. The molecule has 3 rings (SSSR count). The third-order valence-electron chi connectivity index (χ3n) is 5.23. The van der Waals surface area contributed by atoms with Crippen LogP contribution >= 0.6 is 0 Å². The van der Waals surface area contributed by atoms with Crippen molar-refractivity contribution in [3.63, 3.8) is 0 Å². The molecule has 1 aromatic carbocycles. The number of hydrogen-bond donors (Lipinski definition) is 2. The van der Waals surface area contributed by atoms with Crippen molar-refractivity contribution >= 4 is 11.6 Å². The fourth-order valence-electron chi connectivity index (χ4n) is 4.08. The highest BCUT2D eigenvalue weighted by Crippen LogP contribution is 2.29. The number of nitrogens with two attached hydrogens (primary N) is 1. The predicted octanol–water partition coefficient (Wildman–Crippen LogP) is 1.72. The second-order valence-corrected chi connectivity index (χ2v) is 7.54. The van der Waals surface area contributed by atoms with E-state index in [1.807, 2.05) is 26.0 Å². The Morgan fingerprint density at radius 3 is 2.60 bits per heavy atom. The SMILES string of the molecule is CC(C)NC(=O)[C@@H]1C[C@@H](N)CN1C1CCN(c2ccccc2F)CC1. The van der Waals surface area contributed by atoms with Crippen LogP contribution in [-0.4, -0.2) is 54.6 Å². The molecule has 5 nitrogen and oxygen atoms in total. The highest BCUT2D eigenvalue weighted by molar-refractivity contribution is 5.82. The third kappa shape index (κ3) is 4.12. The summed E-state index contributed by atoms with van der Waals surface area (Å²) in [6, 6.07) is 7.31. The number of para-hydroxylation sites is 1. The van der Waals surface area contributed by atoms with Gasteiger partial charge in [-0.15, -0.1) is 0 Å². The van der Waals surface area contributed by atoms with Crippen molar-refractivity contribution in [2.24, 2.45) is 5.73 Å². The lowest BCUT2D eigenvalue weighted by Gasteiger charge is -2.40. The normalized spacial score (nSPS) is 25.6. The van der Waals surface area contributed by atoms with Gasteiger partial charge in [0.2, 0.25) is 5.91 Å². The fraction of sp³-hybridized carbons (Fsp3) is 0.632. The molecule has 1 aromatic rings. The standard InChI is InChI=1S/C19H29FN4O/c1-13(2)22-19(25)18-11-14(21)12-24(18)15-7-9-23(10-8-15)17-6-4-3-5-16(17)20/h3-6,13-15,18H,7-12,21H2,1-2H3,(H,22,25)/t14-,18+/m1/s1. The minimum Gasteiger partial charge on any atom is -0.369 e. The van der Waals surface area contributed by atoms with Gasteiger partial charge in [-0.3, -0.25) is 9.69 Å². The predicted molar refractivity (Wildman–Crippen MR) is 98.0 cm³/mol. The van der Waals surface area contributed by atoms with Gasteiger partial charge in [-0.25, -0.2) is 4.39 Å². The lowest BCUT2D eigenvalue weighted by molar-refractivity contribution is -0.126. The van der Waals surface area contributed by atoms with Crippen LogP contribution in [0.15, 0.2) is 24.3 Å². The second kappa shape index (κ2) is 7.70. The number of piperidine rings is 1. The molecule has 2 saturated heterocycles. The molecule has 0 spiro atoms. The Morgan fingerprint density at radius 1 is 1.28 bits per heavy atom. The molecule has 0 bridgehead atoms. The molecule has 25 heavy (non-hydrogen) atoms. The smallest absolute Gasteiger partial charge is 0.237 e. The molecular formula is C19H29FN4O. The van der Waals surface area contributed by atoms with Crippen molar-refractivity contribution in [1.82, 2.24) is 10.2 Å². The number of anilines is 1. The lowest BCUT2D eigenvalue weighted by atomic mass is 10.0. The van der Waals surface area contributed by atoms with E-state index in [1.54, 1.807) is 6.07 Å². The lowest BCUT2D eigenvalue weighted by Crippen LogP contribution is -2.52. The van der Waals surface area contributed by atoms with Gasteiger partial charge in [0, 0.05) is 37.8 Å². The molecule has 2 aliphatic heterocycles. The van der Waals surface area contributed by atoms with Crippen molar-refractivity contribution in [3.8, 4) is 0 Å². The van der Waals surface area contributed by atoms with Crippen molar-refractivity contribution in [2.75, 3.05) is 24.5 Å². The average Bonchev–Trinajstić information content (AvgIpc) is 2.97. The summed E-state index contributed by atoms with van der Waals surface area (Å²) in [6.45, 7) is 6.32. The van der Waals surface area contributed by atoms with E-state index < -0.39 is 0 Å². The summed E-state index contributed by atoms with van der Waals surface area (Å²) >= 11 is 0. The van der Waals surface area contributed by atoms with Gasteiger partial charge in [0.15, 0.2) is 0 Å². The zero-order valence-corrected chi connectivity index (χ0v) is 15.1. The molecular weight excluding hydrogens is 319 g/mol. The van der Waals surface area contributed by atoms with Crippen LogP contribution in [0.1, 0.15) is 33.1 Å². The van der Waals surface area contributed by atoms with Crippen LogP contribution in [0, 0.1) is 5.82 Å². The zero-order chi connectivity index (χ0) is 18.0. The van der Waals surface area contributed by atoms with Crippen LogP contribution in [0.3, 0.4) is 0 Å². The van der Waals surface area contributed by atoms with Gasteiger partial charge in [-0.05, 0) is 45.2 Å². The molecule has 2 aliphatic rings. The number of carbonyl (C=O) groups excluding carboxylic acids is 1. The van der Waals surface area contributed by atoms with E-state index in [4.69, 9.17) is 5.73 Å². The minimum atomic E-state index is -0.168. The van der Waals surface area contributed by atoms with E-state index in [0.717, 1.165) is 32.5 Å². The molecule has 0 radical (unpaired) electrons. The molecule has 0 saturated carbocycles. The van der Waals surface area contributed by atoms with Gasteiger partial charge in [0.1, 0.15) is 5.82 Å². The van der Waals surface area contributed by atoms with Gasteiger partial charge in [-0.1, -0.05) is 12.1 Å². The topological polar surface area (TPSA) is 61.6 Å². The number of nitrogens with zero attached hydrogens (tertiary/aromatic N) is 2. The molecule has 6 heteroatoms. The van der Waals surface area contributed by atoms with Crippen molar-refractivity contribution in [1.29, 1.82) is 0 Å². The van der Waals surface area contributed by atoms with E-state index in [0.29, 0.717) is 18.2 Å². The summed E-state index contributed by atoms with van der Waals surface area (Å²) < 4.78 is 14.0. The van der Waals surface area contributed by atoms with E-state index in [2.05, 4.69) is 15.1 Å². The second-order valence-electron chi connectivity index (χ2n) is 7.54. The first-order valence-corrected chi connectivity index (χ1v) is 9.27. The third-order valence-corrected chi connectivity index (χ3v) is 5.23. The van der Waals surface area contributed by atoms with E-state index in [9.17, 15) is 9.18 Å². The van der Waals surface area contributed by atoms with E-state index >= 15 is 0 Å². The summed E-state index contributed by atoms with van der Waals surface area (Å²) in [5.41, 5.74) is 6.82. The van der Waals surface area contributed by atoms with E-state index in [1.165, 1.54) is 6.07 Å². The van der Waals surface area contributed by atoms with Crippen LogP contribution in [-0.2, 0) is 4.79 Å². The first kappa shape index (κ1) is 18.1. The van der Waals surface area contributed by atoms with Crippen LogP contribution in [0.4, 0.5) is 10.1 Å². The number of likely N-dealkylation sites (tertiary alicyclic amines) is 1. The van der Waals surface area contributed by atoms with Crippen LogP contribution in [0.5, 0.6) is 0 Å². The fourth-order valence-corrected chi connectivity index (χ4v) is 4.08. The number of amides is 1. The van der Waals surface area contributed by atoms with Gasteiger partial charge >= 0.3 is 0 Å². The summed E-state index contributed by atoms with van der Waals surface area (Å²) in [4.78, 5) is 16.9. The van der Waals surface area contributed by atoms with Gasteiger partial charge in [0.05, 0.1) is 11.7 Å². The Labute approximate surface area is 149 Å². The quantitative estimate of drug-likeness (QED) is 0.870. The maximum absolute atomic E-state index is 14.0. The van der Waals surface area contributed by atoms with Crippen LogP contribution < -0.4 is 16.0 Å². The molecule has 0 aromatic heterocycles. The molecule has 0 aliphatic carbocycles. The Hall–Kier alpha value is -1.66. The van der Waals surface area contributed by atoms with Crippen LogP contribution in [0.25, 0.3) is 0 Å². The monoisotopic (exact) mass is 348 g/mol. The van der Waals surface area contributed by atoms with Crippen molar-refractivity contribution in [3.05, 3.63) is 30.1 Å². The molecule has 1 amide bonds. The number of nitrogens with one attached hydrogen (secondary N) is 1. The number of halogens is 1. The van der Waals surface area contributed by atoms with E-state index in [-0.39, 0.29) is 29.8 Å². The molecule has 3 N–H and O–H groups in total. The summed E-state index contributed by atoms with van der Waals surface area (Å²) in [6.07, 6.45) is 2.56. The maximum atomic E-state index is 14.0. The minimum absolute atomic E-state index is 0.0486. The first-order valence-electron chi connectivity index (χ1n) is 9.27. The number of hydrogen-bond acceptors (Lipinski definition) is 4. The van der Waals surface area contributed by atoms with Crippen LogP contribution in [0.2, 0.25) is 0 Å². The van der Waals surface area contributed by atoms with Crippen molar-refractivity contribution in [2.45, 2.75) is 57.3 Å². The molecule has 0 unspecified atom stereocenters. The Balaban J connectivity index is 1.63. The van der Waals surface area contributed by atoms with Gasteiger partial charge < -0.3 is 16.0 Å². The molecule has 2 fully saturated rings. The summed E-state index contributed by atoms with van der Waals surface area (Å²) in [5, 5.41) is 3.02. The summed E-state index contributed by atoms with van der Waals surface area (Å²) in [7, 11) is 0. The van der Waals surface area contributed by atoms with Gasteiger partial charge in [-0.2, -0.15) is 0 Å². The molecule has 2 heterocycles. The number of carbonyl (C=O) groups is 1. The maximum Gasteiger partial charge on any atom is 0.237 e. The van der Waals surface area contributed by atoms with Crippen molar-refractivity contribution < 1.29 is 9.18 Å². The Kier molecular flexibility index (Phi) is 5.59. The number of rotatable bonds is 4. The molecule has 138 valence electrons. The van der Waals surface area contributed by atoms with Gasteiger partial charge in [0.25, 0.3) is 0 Å². The average molecular weight is 348 g/mol. The zero-order valence-electron chi connectivity index (χ0n) is 15.1. The Morgan fingerprint density at radius 2 is 1.96 bits per heavy atom. The first-order chi connectivity index (χ1) is 12.0. The number of benzene rings is 1. The highest BCUT2D eigenvalue weighted by atomic mass is 19.1. The Bertz CT molecular complexity index is 601.